The first-order chi connectivity index (χ1) is 9.52. The van der Waals surface area contributed by atoms with Crippen LogP contribution in [0.25, 0.3) is 0 Å². The Morgan fingerprint density at radius 1 is 1.35 bits per heavy atom. The molecular weight excluding hydrogens is 264 g/mol. The molecule has 1 heterocycles. The summed E-state index contributed by atoms with van der Waals surface area (Å²) in [5.41, 5.74) is 0. The highest BCUT2D eigenvalue weighted by molar-refractivity contribution is 5.91. The third-order valence-corrected chi connectivity index (χ3v) is 4.09. The van der Waals surface area contributed by atoms with Gasteiger partial charge in [0, 0.05) is 19.0 Å². The molecule has 2 amide bonds. The summed E-state index contributed by atoms with van der Waals surface area (Å²) in [6.07, 6.45) is 4.30. The molecule has 0 aromatic rings. The second kappa shape index (κ2) is 6.21. The number of hydrogen-bond donors (Lipinski definition) is 3. The first kappa shape index (κ1) is 14.8. The molecule has 0 spiro atoms. The number of carboxylic acids is 1. The van der Waals surface area contributed by atoms with E-state index in [9.17, 15) is 14.4 Å². The van der Waals surface area contributed by atoms with E-state index in [0.29, 0.717) is 6.54 Å². The van der Waals surface area contributed by atoms with Crippen molar-refractivity contribution in [3.63, 3.8) is 0 Å². The van der Waals surface area contributed by atoms with Gasteiger partial charge in [-0.25, -0.2) is 4.79 Å². The van der Waals surface area contributed by atoms with Crippen LogP contribution in [0.15, 0.2) is 0 Å². The predicted octanol–water partition coefficient (Wildman–Crippen LogP) is -0.661. The number of likely N-dealkylation sites (tertiary alicyclic amines) is 1. The SMILES string of the molecule is O=C(N[C@@H](CO)C(=O)O)C1CC(=O)N(C2CCCC2)C1. The lowest BCUT2D eigenvalue weighted by Crippen LogP contribution is -2.46. The second-order valence-electron chi connectivity index (χ2n) is 5.47. The zero-order valence-electron chi connectivity index (χ0n) is 11.2. The number of carbonyl (C=O) groups excluding carboxylic acids is 2. The van der Waals surface area contributed by atoms with Gasteiger partial charge in [0.25, 0.3) is 0 Å². The van der Waals surface area contributed by atoms with Gasteiger partial charge in [-0.2, -0.15) is 0 Å². The largest absolute Gasteiger partial charge is 0.480 e. The number of rotatable bonds is 5. The van der Waals surface area contributed by atoms with Crippen LogP contribution >= 0.6 is 0 Å². The molecule has 112 valence electrons. The summed E-state index contributed by atoms with van der Waals surface area (Å²) in [6, 6.07) is -1.08. The normalized spacial score (nSPS) is 24.9. The first-order valence-corrected chi connectivity index (χ1v) is 6.96. The minimum Gasteiger partial charge on any atom is -0.480 e. The van der Waals surface area contributed by atoms with Gasteiger partial charge in [0.05, 0.1) is 12.5 Å². The van der Waals surface area contributed by atoms with Crippen molar-refractivity contribution in [1.82, 2.24) is 10.2 Å². The molecule has 7 heteroatoms. The molecular formula is C13H20N2O5. The Bertz CT molecular complexity index is 406. The number of aliphatic carboxylic acids is 1. The predicted molar refractivity (Wildman–Crippen MR) is 68.7 cm³/mol. The average Bonchev–Trinajstić information content (AvgIpc) is 3.03. The summed E-state index contributed by atoms with van der Waals surface area (Å²) in [7, 11) is 0. The summed E-state index contributed by atoms with van der Waals surface area (Å²) >= 11 is 0. The third kappa shape index (κ3) is 3.09. The van der Waals surface area contributed by atoms with E-state index in [1.165, 1.54) is 0 Å². The van der Waals surface area contributed by atoms with Gasteiger partial charge >= 0.3 is 5.97 Å². The molecule has 2 rings (SSSR count). The Kier molecular flexibility index (Phi) is 4.59. The molecule has 2 atom stereocenters. The van der Waals surface area contributed by atoms with Crippen molar-refractivity contribution in [1.29, 1.82) is 0 Å². The van der Waals surface area contributed by atoms with Gasteiger partial charge in [-0.1, -0.05) is 12.8 Å². The number of hydrogen-bond acceptors (Lipinski definition) is 4. The molecule has 3 N–H and O–H groups in total. The van der Waals surface area contributed by atoms with Gasteiger partial charge in [-0.05, 0) is 12.8 Å². The van der Waals surface area contributed by atoms with E-state index in [2.05, 4.69) is 5.32 Å². The Morgan fingerprint density at radius 3 is 2.55 bits per heavy atom. The molecule has 0 bridgehead atoms. The maximum Gasteiger partial charge on any atom is 0.328 e. The average molecular weight is 284 g/mol. The van der Waals surface area contributed by atoms with E-state index in [4.69, 9.17) is 10.2 Å². The van der Waals surface area contributed by atoms with E-state index in [0.717, 1.165) is 25.7 Å². The van der Waals surface area contributed by atoms with Crippen LogP contribution in [-0.2, 0) is 14.4 Å². The number of carboxylic acid groups (broad SMARTS) is 1. The van der Waals surface area contributed by atoms with Gasteiger partial charge in [-0.3, -0.25) is 9.59 Å². The van der Waals surface area contributed by atoms with Crippen LogP contribution in [-0.4, -0.2) is 58.1 Å². The van der Waals surface area contributed by atoms with Crippen molar-refractivity contribution in [3.05, 3.63) is 0 Å². The molecule has 0 radical (unpaired) electrons. The van der Waals surface area contributed by atoms with Crippen LogP contribution < -0.4 is 5.32 Å². The molecule has 1 aliphatic carbocycles. The zero-order valence-corrected chi connectivity index (χ0v) is 11.2. The van der Waals surface area contributed by atoms with E-state index in [1.807, 2.05) is 0 Å². The Balaban J connectivity index is 1.92. The van der Waals surface area contributed by atoms with E-state index in [-0.39, 0.29) is 18.4 Å². The summed E-state index contributed by atoms with van der Waals surface area (Å²) in [6.45, 7) is -0.304. The van der Waals surface area contributed by atoms with E-state index >= 15 is 0 Å². The van der Waals surface area contributed by atoms with Crippen LogP contribution in [0.1, 0.15) is 32.1 Å². The smallest absolute Gasteiger partial charge is 0.328 e. The van der Waals surface area contributed by atoms with Crippen molar-refractivity contribution >= 4 is 17.8 Å². The lowest BCUT2D eigenvalue weighted by molar-refractivity contribution is -0.143. The van der Waals surface area contributed by atoms with Crippen LogP contribution in [0, 0.1) is 5.92 Å². The number of amides is 2. The van der Waals surface area contributed by atoms with Gasteiger partial charge in [0.15, 0.2) is 0 Å². The number of aliphatic hydroxyl groups excluding tert-OH is 1. The number of nitrogens with zero attached hydrogens (tertiary/aromatic N) is 1. The maximum absolute atomic E-state index is 12.0. The molecule has 2 fully saturated rings. The fraction of sp³-hybridized carbons (Fsp3) is 0.769. The zero-order chi connectivity index (χ0) is 14.7. The van der Waals surface area contributed by atoms with Crippen LogP contribution in [0.5, 0.6) is 0 Å². The Morgan fingerprint density at radius 2 is 2.00 bits per heavy atom. The highest BCUT2D eigenvalue weighted by atomic mass is 16.4. The summed E-state index contributed by atoms with van der Waals surface area (Å²) in [5.74, 6) is -2.30. The fourth-order valence-electron chi connectivity index (χ4n) is 2.95. The van der Waals surface area contributed by atoms with Crippen molar-refractivity contribution in [2.75, 3.05) is 13.2 Å². The van der Waals surface area contributed by atoms with Crippen molar-refractivity contribution in [2.24, 2.45) is 5.92 Å². The summed E-state index contributed by atoms with van der Waals surface area (Å²) < 4.78 is 0. The van der Waals surface area contributed by atoms with Gasteiger partial charge < -0.3 is 20.4 Å². The van der Waals surface area contributed by atoms with Crippen LogP contribution in [0.2, 0.25) is 0 Å². The van der Waals surface area contributed by atoms with E-state index < -0.39 is 30.4 Å². The quantitative estimate of drug-likeness (QED) is 0.621. The second-order valence-corrected chi connectivity index (χ2v) is 5.47. The van der Waals surface area contributed by atoms with Gasteiger partial charge in [0.1, 0.15) is 6.04 Å². The molecule has 1 saturated heterocycles. The molecule has 20 heavy (non-hydrogen) atoms. The van der Waals surface area contributed by atoms with Crippen molar-refractivity contribution in [3.8, 4) is 0 Å². The van der Waals surface area contributed by atoms with Crippen LogP contribution in [0.3, 0.4) is 0 Å². The Labute approximate surface area is 116 Å². The topological polar surface area (TPSA) is 107 Å². The summed E-state index contributed by atoms with van der Waals surface area (Å²) in [5, 5.41) is 20.0. The Hall–Kier alpha value is -1.63. The number of aliphatic hydroxyl groups is 1. The standard InChI is InChI=1S/C13H20N2O5/c16-7-10(13(19)20)14-12(18)8-5-11(17)15(6-8)9-3-1-2-4-9/h8-10,16H,1-7H2,(H,14,18)(H,19,20)/t8?,10-/m0/s1. The lowest BCUT2D eigenvalue weighted by atomic mass is 10.1. The van der Waals surface area contributed by atoms with Crippen molar-refractivity contribution in [2.45, 2.75) is 44.2 Å². The third-order valence-electron chi connectivity index (χ3n) is 4.09. The number of carbonyl (C=O) groups is 3. The molecule has 2 aliphatic rings. The van der Waals surface area contributed by atoms with Crippen LogP contribution in [0.4, 0.5) is 0 Å². The summed E-state index contributed by atoms with van der Waals surface area (Å²) in [4.78, 5) is 36.4. The molecule has 0 aromatic heterocycles. The molecule has 7 nitrogen and oxygen atoms in total. The molecule has 1 saturated carbocycles. The highest BCUT2D eigenvalue weighted by Crippen LogP contribution is 2.29. The minimum atomic E-state index is -1.31. The molecule has 0 aromatic carbocycles. The number of nitrogens with one attached hydrogen (secondary N) is 1. The van der Waals surface area contributed by atoms with Gasteiger partial charge in [-0.15, -0.1) is 0 Å². The highest BCUT2D eigenvalue weighted by Gasteiger charge is 2.39. The van der Waals surface area contributed by atoms with Crippen molar-refractivity contribution < 1.29 is 24.6 Å². The molecule has 1 unspecified atom stereocenters. The first-order valence-electron chi connectivity index (χ1n) is 6.96. The monoisotopic (exact) mass is 284 g/mol. The minimum absolute atomic E-state index is 0.0343. The fourth-order valence-corrected chi connectivity index (χ4v) is 2.95. The van der Waals surface area contributed by atoms with E-state index in [1.54, 1.807) is 4.90 Å². The maximum atomic E-state index is 12.0. The van der Waals surface area contributed by atoms with Gasteiger partial charge in [0.2, 0.25) is 11.8 Å². The lowest BCUT2D eigenvalue weighted by Gasteiger charge is -2.24. The molecule has 1 aliphatic heterocycles.